The van der Waals surface area contributed by atoms with E-state index in [1.165, 1.54) is 25.7 Å². The van der Waals surface area contributed by atoms with Crippen LogP contribution in [0.2, 0.25) is 5.02 Å². The summed E-state index contributed by atoms with van der Waals surface area (Å²) in [5.74, 6) is 0.639. The van der Waals surface area contributed by atoms with Crippen molar-refractivity contribution in [1.29, 1.82) is 5.41 Å². The minimum Gasteiger partial charge on any atom is -0.384 e. The highest BCUT2D eigenvalue weighted by Gasteiger charge is 2.24. The number of nitrogens with two attached hydrogens (primary N) is 1. The highest BCUT2D eigenvalue weighted by Crippen LogP contribution is 2.31. The predicted molar refractivity (Wildman–Crippen MR) is 86.9 cm³/mol. The van der Waals surface area contributed by atoms with Gasteiger partial charge in [-0.2, -0.15) is 0 Å². The Balaban J connectivity index is 2.28. The van der Waals surface area contributed by atoms with Gasteiger partial charge in [-0.15, -0.1) is 0 Å². The van der Waals surface area contributed by atoms with Crippen molar-refractivity contribution in [2.24, 2.45) is 11.7 Å². The summed E-state index contributed by atoms with van der Waals surface area (Å²) in [4.78, 5) is 2.48. The second-order valence-electron chi connectivity index (χ2n) is 6.06. The van der Waals surface area contributed by atoms with E-state index in [4.69, 9.17) is 22.7 Å². The number of nitrogen functional groups attached to an aromatic ring is 1. The molecule has 0 radical (unpaired) electrons. The van der Waals surface area contributed by atoms with Gasteiger partial charge >= 0.3 is 0 Å². The lowest BCUT2D eigenvalue weighted by molar-refractivity contribution is 0.536. The molecule has 0 amide bonds. The molecule has 0 unspecified atom stereocenters. The van der Waals surface area contributed by atoms with E-state index in [1.807, 2.05) is 18.2 Å². The monoisotopic (exact) mass is 293 g/mol. The molecule has 3 N–H and O–H groups in total. The van der Waals surface area contributed by atoms with Crippen LogP contribution in [0.4, 0.5) is 5.69 Å². The van der Waals surface area contributed by atoms with Crippen LogP contribution in [0.15, 0.2) is 18.2 Å². The molecule has 1 aliphatic rings. The molecule has 1 aliphatic carbocycles. The van der Waals surface area contributed by atoms with Crippen LogP contribution < -0.4 is 10.6 Å². The molecule has 2 rings (SSSR count). The van der Waals surface area contributed by atoms with Gasteiger partial charge in [-0.1, -0.05) is 38.3 Å². The van der Waals surface area contributed by atoms with Crippen LogP contribution in [0.5, 0.6) is 0 Å². The maximum Gasteiger partial charge on any atom is 0.124 e. The zero-order chi connectivity index (χ0) is 14.7. The van der Waals surface area contributed by atoms with Crippen molar-refractivity contribution in [1.82, 2.24) is 0 Å². The van der Waals surface area contributed by atoms with Crippen molar-refractivity contribution in [2.45, 2.75) is 45.6 Å². The first-order valence-electron chi connectivity index (χ1n) is 7.39. The van der Waals surface area contributed by atoms with Gasteiger partial charge in [0.25, 0.3) is 0 Å². The van der Waals surface area contributed by atoms with E-state index in [9.17, 15) is 0 Å². The van der Waals surface area contributed by atoms with Crippen LogP contribution in [0.3, 0.4) is 0 Å². The molecule has 0 spiro atoms. The molecule has 1 saturated carbocycles. The van der Waals surface area contributed by atoms with Gasteiger partial charge in [0.2, 0.25) is 0 Å². The largest absolute Gasteiger partial charge is 0.384 e. The molecule has 4 heteroatoms. The fraction of sp³-hybridized carbons (Fsp3) is 0.562. The minimum atomic E-state index is 0.0258. The van der Waals surface area contributed by atoms with Crippen molar-refractivity contribution in [3.05, 3.63) is 28.8 Å². The van der Waals surface area contributed by atoms with E-state index in [0.29, 0.717) is 22.5 Å². The van der Waals surface area contributed by atoms with E-state index in [-0.39, 0.29) is 5.84 Å². The summed E-state index contributed by atoms with van der Waals surface area (Å²) in [7, 11) is 0. The molecule has 0 aliphatic heterocycles. The molecular formula is C16H24ClN3. The third kappa shape index (κ3) is 3.45. The molecular weight excluding hydrogens is 270 g/mol. The van der Waals surface area contributed by atoms with E-state index < -0.39 is 0 Å². The van der Waals surface area contributed by atoms with E-state index in [0.717, 1.165) is 12.2 Å². The van der Waals surface area contributed by atoms with Gasteiger partial charge in [-0.05, 0) is 37.0 Å². The van der Waals surface area contributed by atoms with Crippen molar-refractivity contribution >= 4 is 23.1 Å². The number of hydrogen-bond donors (Lipinski definition) is 2. The summed E-state index contributed by atoms with van der Waals surface area (Å²) < 4.78 is 0. The number of anilines is 1. The standard InChI is InChI=1S/C16H24ClN3/c1-11(2)10-20(12-5-3-4-6-12)13-7-8-14(16(18)19)15(17)9-13/h7-9,11-12H,3-6,10H2,1-2H3,(H3,18,19). The van der Waals surface area contributed by atoms with Gasteiger partial charge in [-0.25, -0.2) is 0 Å². The van der Waals surface area contributed by atoms with Crippen LogP contribution in [0.25, 0.3) is 0 Å². The van der Waals surface area contributed by atoms with Crippen molar-refractivity contribution in [3.63, 3.8) is 0 Å². The Kier molecular flexibility index (Phi) is 4.92. The Morgan fingerprint density at radius 3 is 2.55 bits per heavy atom. The Hall–Kier alpha value is -1.22. The molecule has 110 valence electrons. The van der Waals surface area contributed by atoms with Gasteiger partial charge in [0.05, 0.1) is 5.02 Å². The average Bonchev–Trinajstić information content (AvgIpc) is 2.88. The molecule has 0 saturated heterocycles. The number of halogens is 1. The van der Waals surface area contributed by atoms with Crippen LogP contribution in [0.1, 0.15) is 45.1 Å². The fourth-order valence-electron chi connectivity index (χ4n) is 2.98. The van der Waals surface area contributed by atoms with Gasteiger partial charge in [-0.3, -0.25) is 5.41 Å². The van der Waals surface area contributed by atoms with Crippen LogP contribution >= 0.6 is 11.6 Å². The second kappa shape index (κ2) is 6.49. The Labute approximate surface area is 126 Å². The lowest BCUT2D eigenvalue weighted by Crippen LogP contribution is -2.36. The van der Waals surface area contributed by atoms with Gasteiger partial charge < -0.3 is 10.6 Å². The topological polar surface area (TPSA) is 53.1 Å². The highest BCUT2D eigenvalue weighted by atomic mass is 35.5. The SMILES string of the molecule is CC(C)CN(c1ccc(C(=N)N)c(Cl)c1)C1CCCC1. The number of nitrogens with one attached hydrogen (secondary N) is 1. The normalized spacial score (nSPS) is 15.8. The van der Waals surface area contributed by atoms with Gasteiger partial charge in [0.1, 0.15) is 5.84 Å². The van der Waals surface area contributed by atoms with Crippen LogP contribution in [-0.4, -0.2) is 18.4 Å². The van der Waals surface area contributed by atoms with Crippen molar-refractivity contribution in [3.8, 4) is 0 Å². The molecule has 0 aromatic heterocycles. The fourth-order valence-corrected chi connectivity index (χ4v) is 3.25. The molecule has 1 aromatic carbocycles. The maximum absolute atomic E-state index is 7.51. The lowest BCUT2D eigenvalue weighted by atomic mass is 10.1. The summed E-state index contributed by atoms with van der Waals surface area (Å²) >= 11 is 6.26. The van der Waals surface area contributed by atoms with Crippen molar-refractivity contribution < 1.29 is 0 Å². The molecule has 0 atom stereocenters. The summed E-state index contributed by atoms with van der Waals surface area (Å²) in [6, 6.07) is 6.49. The zero-order valence-corrected chi connectivity index (χ0v) is 13.1. The number of hydrogen-bond acceptors (Lipinski definition) is 2. The van der Waals surface area contributed by atoms with Gasteiger partial charge in [0.15, 0.2) is 0 Å². The number of benzene rings is 1. The summed E-state index contributed by atoms with van der Waals surface area (Å²) in [6.07, 6.45) is 5.16. The first kappa shape index (κ1) is 15.2. The third-order valence-electron chi connectivity index (χ3n) is 3.90. The molecule has 20 heavy (non-hydrogen) atoms. The summed E-state index contributed by atoms with van der Waals surface area (Å²) in [6.45, 7) is 5.53. The molecule has 1 aromatic rings. The zero-order valence-electron chi connectivity index (χ0n) is 12.3. The van der Waals surface area contributed by atoms with Crippen LogP contribution in [-0.2, 0) is 0 Å². The van der Waals surface area contributed by atoms with E-state index in [2.05, 4.69) is 18.7 Å². The van der Waals surface area contributed by atoms with Gasteiger partial charge in [0, 0.05) is 23.8 Å². The number of rotatable bonds is 5. The Bertz CT molecular complexity index is 479. The summed E-state index contributed by atoms with van der Waals surface area (Å²) in [5, 5.41) is 8.08. The summed E-state index contributed by atoms with van der Waals surface area (Å²) in [5.41, 5.74) is 7.30. The second-order valence-corrected chi connectivity index (χ2v) is 6.47. The number of nitrogens with zero attached hydrogens (tertiary/aromatic N) is 1. The predicted octanol–water partition coefficient (Wildman–Crippen LogP) is 4.03. The average molecular weight is 294 g/mol. The smallest absolute Gasteiger partial charge is 0.124 e. The van der Waals surface area contributed by atoms with E-state index in [1.54, 1.807) is 0 Å². The molecule has 1 fully saturated rings. The Morgan fingerprint density at radius 1 is 1.40 bits per heavy atom. The first-order chi connectivity index (χ1) is 9.49. The highest BCUT2D eigenvalue weighted by molar-refractivity contribution is 6.34. The van der Waals surface area contributed by atoms with Crippen LogP contribution in [0, 0.1) is 11.3 Å². The number of amidine groups is 1. The Morgan fingerprint density at radius 2 is 2.05 bits per heavy atom. The molecule has 0 bridgehead atoms. The molecule has 0 heterocycles. The maximum atomic E-state index is 7.51. The minimum absolute atomic E-state index is 0.0258. The van der Waals surface area contributed by atoms with E-state index >= 15 is 0 Å². The first-order valence-corrected chi connectivity index (χ1v) is 7.77. The molecule has 3 nitrogen and oxygen atoms in total. The van der Waals surface area contributed by atoms with Crippen molar-refractivity contribution in [2.75, 3.05) is 11.4 Å². The third-order valence-corrected chi connectivity index (χ3v) is 4.21. The lowest BCUT2D eigenvalue weighted by Gasteiger charge is -2.33. The quantitative estimate of drug-likeness (QED) is 0.636.